The van der Waals surface area contributed by atoms with Gasteiger partial charge in [-0.1, -0.05) is 64.5 Å². The Morgan fingerprint density at radius 3 is 2.15 bits per heavy atom. The van der Waals surface area contributed by atoms with Gasteiger partial charge >= 0.3 is 0 Å². The Morgan fingerprint density at radius 2 is 1.65 bits per heavy atom. The van der Waals surface area contributed by atoms with Gasteiger partial charge in [-0.15, -0.1) is 0 Å². The molecule has 0 aromatic heterocycles. The van der Waals surface area contributed by atoms with E-state index in [9.17, 15) is 4.79 Å². The number of rotatable bonds is 2. The monoisotopic (exact) mass is 270 g/mol. The molecule has 0 heterocycles. The molecule has 0 aliphatic heterocycles. The Labute approximate surface area is 123 Å². The lowest BCUT2D eigenvalue weighted by atomic mass is 9.75. The highest BCUT2D eigenvalue weighted by Gasteiger charge is 2.27. The maximum absolute atomic E-state index is 11.8. The predicted molar refractivity (Wildman–Crippen MR) is 85.0 cm³/mol. The molecule has 1 aliphatic rings. The molecule has 0 radical (unpaired) electrons. The van der Waals surface area contributed by atoms with Crippen LogP contribution in [0.5, 0.6) is 0 Å². The molecule has 0 atom stereocenters. The summed E-state index contributed by atoms with van der Waals surface area (Å²) in [5.41, 5.74) is 4.24. The largest absolute Gasteiger partial charge is 0.295 e. The van der Waals surface area contributed by atoms with Crippen molar-refractivity contribution in [3.63, 3.8) is 0 Å². The predicted octanol–water partition coefficient (Wildman–Crippen LogP) is 4.84. The molecule has 1 aliphatic carbocycles. The fraction of sp³-hybridized carbons (Fsp3) is 0.526. The average Bonchev–Trinajstić information content (AvgIpc) is 2.25. The van der Waals surface area contributed by atoms with E-state index in [-0.39, 0.29) is 16.6 Å². The molecular formula is C19H26O. The van der Waals surface area contributed by atoms with Crippen LogP contribution in [-0.4, -0.2) is 5.78 Å². The van der Waals surface area contributed by atoms with Crippen molar-refractivity contribution in [3.8, 4) is 0 Å². The first kappa shape index (κ1) is 15.0. The Morgan fingerprint density at radius 1 is 1.05 bits per heavy atom. The Kier molecular flexibility index (Phi) is 3.90. The first-order valence-electron chi connectivity index (χ1n) is 7.47. The van der Waals surface area contributed by atoms with Gasteiger partial charge in [-0.2, -0.15) is 0 Å². The molecule has 0 saturated heterocycles. The maximum Gasteiger partial charge on any atom is 0.156 e. The van der Waals surface area contributed by atoms with E-state index in [2.05, 4.69) is 58.9 Å². The number of allylic oxidation sites excluding steroid dienone is 2. The molecule has 1 aromatic carbocycles. The molecule has 20 heavy (non-hydrogen) atoms. The lowest BCUT2D eigenvalue weighted by Gasteiger charge is -2.29. The standard InChI is InChI=1S/C19H26O/c1-18(2,3)16-8-6-14(7-9-16)10-15-11-17(20)13-19(4,5)12-15/h6-9,11H,10,12-13H2,1-5H3. The minimum absolute atomic E-state index is 0.118. The second-order valence-corrected chi connectivity index (χ2v) is 7.91. The van der Waals surface area contributed by atoms with Crippen LogP contribution < -0.4 is 0 Å². The second kappa shape index (κ2) is 5.20. The van der Waals surface area contributed by atoms with Gasteiger partial charge in [0, 0.05) is 6.42 Å². The van der Waals surface area contributed by atoms with Crippen molar-refractivity contribution in [2.75, 3.05) is 0 Å². The number of ketones is 1. The zero-order chi connectivity index (χ0) is 15.0. The van der Waals surface area contributed by atoms with Crippen molar-refractivity contribution >= 4 is 5.78 Å². The zero-order valence-corrected chi connectivity index (χ0v) is 13.4. The Hall–Kier alpha value is -1.37. The lowest BCUT2D eigenvalue weighted by Crippen LogP contribution is -2.22. The van der Waals surface area contributed by atoms with Crippen molar-refractivity contribution in [2.45, 2.75) is 59.3 Å². The summed E-state index contributed by atoms with van der Waals surface area (Å²) in [5, 5.41) is 0. The van der Waals surface area contributed by atoms with Gasteiger partial charge in [-0.25, -0.2) is 0 Å². The Balaban J connectivity index is 2.13. The van der Waals surface area contributed by atoms with Crippen LogP contribution in [0.1, 0.15) is 58.6 Å². The summed E-state index contributed by atoms with van der Waals surface area (Å²) in [5.74, 6) is 0.280. The van der Waals surface area contributed by atoms with Gasteiger partial charge in [0.15, 0.2) is 5.78 Å². The third kappa shape index (κ3) is 3.82. The van der Waals surface area contributed by atoms with E-state index in [1.807, 2.05) is 6.08 Å². The molecule has 1 aromatic rings. The molecule has 0 fully saturated rings. The molecule has 108 valence electrons. The van der Waals surface area contributed by atoms with Crippen molar-refractivity contribution in [2.24, 2.45) is 5.41 Å². The van der Waals surface area contributed by atoms with E-state index >= 15 is 0 Å². The molecule has 1 heteroatoms. The molecule has 2 rings (SSSR count). The SMILES string of the molecule is CC1(C)CC(=O)C=C(Cc2ccc(C(C)(C)C)cc2)C1. The summed E-state index contributed by atoms with van der Waals surface area (Å²) in [4.78, 5) is 11.8. The smallest absolute Gasteiger partial charge is 0.156 e. The number of benzene rings is 1. The van der Waals surface area contributed by atoms with E-state index in [0.717, 1.165) is 12.8 Å². The summed E-state index contributed by atoms with van der Waals surface area (Å²) in [6.07, 6.45) is 4.47. The van der Waals surface area contributed by atoms with Crippen molar-refractivity contribution in [1.29, 1.82) is 0 Å². The topological polar surface area (TPSA) is 17.1 Å². The number of carbonyl (C=O) groups excluding carboxylic acids is 1. The third-order valence-corrected chi connectivity index (χ3v) is 3.97. The molecule has 0 unspecified atom stereocenters. The van der Waals surface area contributed by atoms with Crippen LogP contribution in [0.15, 0.2) is 35.9 Å². The zero-order valence-electron chi connectivity index (χ0n) is 13.4. The molecule has 0 saturated carbocycles. The number of hydrogen-bond donors (Lipinski definition) is 0. The second-order valence-electron chi connectivity index (χ2n) is 7.91. The third-order valence-electron chi connectivity index (χ3n) is 3.97. The van der Waals surface area contributed by atoms with E-state index in [4.69, 9.17) is 0 Å². The van der Waals surface area contributed by atoms with Gasteiger partial charge in [0.2, 0.25) is 0 Å². The molecule has 0 amide bonds. The summed E-state index contributed by atoms with van der Waals surface area (Å²) < 4.78 is 0. The maximum atomic E-state index is 11.8. The minimum Gasteiger partial charge on any atom is -0.295 e. The average molecular weight is 270 g/mol. The van der Waals surface area contributed by atoms with E-state index in [1.165, 1.54) is 16.7 Å². The first-order valence-corrected chi connectivity index (χ1v) is 7.47. The fourth-order valence-corrected chi connectivity index (χ4v) is 2.98. The number of carbonyl (C=O) groups is 1. The summed E-state index contributed by atoms with van der Waals surface area (Å²) >= 11 is 0. The van der Waals surface area contributed by atoms with Gasteiger partial charge in [0.1, 0.15) is 0 Å². The van der Waals surface area contributed by atoms with Gasteiger partial charge in [-0.3, -0.25) is 4.79 Å². The van der Waals surface area contributed by atoms with Crippen LogP contribution in [0.4, 0.5) is 0 Å². The lowest BCUT2D eigenvalue weighted by molar-refractivity contribution is -0.117. The first-order chi connectivity index (χ1) is 9.16. The molecule has 0 N–H and O–H groups in total. The highest BCUT2D eigenvalue weighted by molar-refractivity contribution is 5.91. The van der Waals surface area contributed by atoms with Crippen molar-refractivity contribution < 1.29 is 4.79 Å². The minimum atomic E-state index is 0.118. The van der Waals surface area contributed by atoms with Crippen LogP contribution in [0.3, 0.4) is 0 Å². The van der Waals surface area contributed by atoms with Crippen molar-refractivity contribution in [3.05, 3.63) is 47.0 Å². The van der Waals surface area contributed by atoms with Crippen molar-refractivity contribution in [1.82, 2.24) is 0 Å². The van der Waals surface area contributed by atoms with E-state index in [1.54, 1.807) is 0 Å². The highest BCUT2D eigenvalue weighted by Crippen LogP contribution is 2.35. The number of hydrogen-bond acceptors (Lipinski definition) is 1. The summed E-state index contributed by atoms with van der Waals surface area (Å²) in [7, 11) is 0. The molecule has 0 spiro atoms. The van der Waals surface area contributed by atoms with Crippen LogP contribution in [-0.2, 0) is 16.6 Å². The van der Waals surface area contributed by atoms with Gasteiger partial charge in [-0.05, 0) is 40.9 Å². The van der Waals surface area contributed by atoms with Crippen LogP contribution in [0, 0.1) is 5.41 Å². The van der Waals surface area contributed by atoms with Gasteiger partial charge < -0.3 is 0 Å². The van der Waals surface area contributed by atoms with Crippen LogP contribution in [0.25, 0.3) is 0 Å². The molecule has 0 bridgehead atoms. The fourth-order valence-electron chi connectivity index (χ4n) is 2.98. The highest BCUT2D eigenvalue weighted by atomic mass is 16.1. The molecule has 1 nitrogen and oxygen atoms in total. The summed E-state index contributed by atoms with van der Waals surface area (Å²) in [6.45, 7) is 11.0. The van der Waals surface area contributed by atoms with E-state index < -0.39 is 0 Å². The Bertz CT molecular complexity index is 524. The van der Waals surface area contributed by atoms with E-state index in [0.29, 0.717) is 6.42 Å². The molecular weight excluding hydrogens is 244 g/mol. The van der Waals surface area contributed by atoms with Gasteiger partial charge in [0.25, 0.3) is 0 Å². The van der Waals surface area contributed by atoms with Crippen LogP contribution in [0.2, 0.25) is 0 Å². The van der Waals surface area contributed by atoms with Gasteiger partial charge in [0.05, 0.1) is 0 Å². The quantitative estimate of drug-likeness (QED) is 0.751. The normalized spacial score (nSPS) is 18.9. The summed E-state index contributed by atoms with van der Waals surface area (Å²) in [6, 6.07) is 8.83. The van der Waals surface area contributed by atoms with Crippen LogP contribution >= 0.6 is 0 Å².